The molecule has 0 aliphatic heterocycles. The fourth-order valence-corrected chi connectivity index (χ4v) is 2.65. The van der Waals surface area contributed by atoms with Gasteiger partial charge >= 0.3 is 5.97 Å². The van der Waals surface area contributed by atoms with Gasteiger partial charge in [0.2, 0.25) is 0 Å². The normalized spacial score (nSPS) is 11.0. The second-order valence-electron chi connectivity index (χ2n) is 6.30. The van der Waals surface area contributed by atoms with Gasteiger partial charge in [0.15, 0.2) is 5.69 Å². The minimum atomic E-state index is -0.964. The van der Waals surface area contributed by atoms with Crippen LogP contribution < -0.4 is 5.56 Å². The van der Waals surface area contributed by atoms with Gasteiger partial charge in [-0.1, -0.05) is 32.0 Å². The first kappa shape index (κ1) is 18.6. The van der Waals surface area contributed by atoms with E-state index in [4.69, 9.17) is 5.11 Å². The first-order valence-corrected chi connectivity index (χ1v) is 8.36. The Morgan fingerprint density at radius 2 is 1.88 bits per heavy atom. The number of aromatic nitrogens is 2. The van der Waals surface area contributed by atoms with Crippen LogP contribution in [-0.4, -0.2) is 44.8 Å². The number of carboxylic acid groups (broad SMARTS) is 1. The minimum absolute atomic E-state index is 0.101. The molecule has 7 heteroatoms. The van der Waals surface area contributed by atoms with Gasteiger partial charge in [-0.05, 0) is 18.9 Å². The van der Waals surface area contributed by atoms with Crippen molar-refractivity contribution in [3.63, 3.8) is 0 Å². The lowest BCUT2D eigenvalue weighted by molar-refractivity contribution is -0.137. The highest BCUT2D eigenvalue weighted by Gasteiger charge is 2.22. The number of amides is 1. The summed E-state index contributed by atoms with van der Waals surface area (Å²) in [5, 5.41) is 14.1. The number of carbonyl (C=O) groups excluding carboxylic acids is 1. The third kappa shape index (κ3) is 4.23. The van der Waals surface area contributed by atoms with E-state index in [1.54, 1.807) is 31.2 Å². The molecular weight excluding hydrogens is 322 g/mol. The number of rotatable bonds is 7. The van der Waals surface area contributed by atoms with E-state index < -0.39 is 5.97 Å². The third-order valence-corrected chi connectivity index (χ3v) is 3.87. The van der Waals surface area contributed by atoms with Crippen LogP contribution in [0.25, 0.3) is 10.8 Å². The largest absolute Gasteiger partial charge is 0.481 e. The maximum absolute atomic E-state index is 12.9. The van der Waals surface area contributed by atoms with Gasteiger partial charge in [-0.2, -0.15) is 5.10 Å². The van der Waals surface area contributed by atoms with Crippen LogP contribution in [0.2, 0.25) is 0 Å². The van der Waals surface area contributed by atoms with E-state index in [2.05, 4.69) is 5.10 Å². The Hall–Kier alpha value is -2.70. The maximum Gasteiger partial charge on any atom is 0.305 e. The molecule has 0 radical (unpaired) electrons. The number of fused-ring (bicyclic) bond motifs is 1. The summed E-state index contributed by atoms with van der Waals surface area (Å²) in [4.78, 5) is 37.7. The summed E-state index contributed by atoms with van der Waals surface area (Å²) in [5.74, 6) is -1.13. The zero-order valence-electron chi connectivity index (χ0n) is 14.7. The lowest BCUT2D eigenvalue weighted by Gasteiger charge is -2.21. The summed E-state index contributed by atoms with van der Waals surface area (Å²) in [6.07, 6.45) is -0.136. The molecule has 7 nitrogen and oxygen atoms in total. The van der Waals surface area contributed by atoms with E-state index in [1.807, 2.05) is 13.8 Å². The molecule has 1 amide bonds. The number of hydrogen-bond donors (Lipinski definition) is 1. The molecule has 134 valence electrons. The molecule has 2 aromatic rings. The molecule has 1 aromatic heterocycles. The molecule has 1 aromatic carbocycles. The van der Waals surface area contributed by atoms with Gasteiger partial charge in [-0.3, -0.25) is 14.4 Å². The average molecular weight is 345 g/mol. The van der Waals surface area contributed by atoms with E-state index in [-0.39, 0.29) is 36.0 Å². The van der Waals surface area contributed by atoms with Crippen molar-refractivity contribution in [2.75, 3.05) is 13.1 Å². The Balaban J connectivity index is 2.54. The highest BCUT2D eigenvalue weighted by atomic mass is 16.4. The fourth-order valence-electron chi connectivity index (χ4n) is 2.65. The Morgan fingerprint density at radius 1 is 1.24 bits per heavy atom. The number of aliphatic carboxylic acids is 1. The summed E-state index contributed by atoms with van der Waals surface area (Å²) in [5.41, 5.74) is -0.0440. The molecule has 0 aliphatic carbocycles. The molecular formula is C18H23N3O4. The Morgan fingerprint density at radius 3 is 2.44 bits per heavy atom. The van der Waals surface area contributed by atoms with Crippen molar-refractivity contribution in [1.82, 2.24) is 14.7 Å². The zero-order chi connectivity index (χ0) is 18.6. The van der Waals surface area contributed by atoms with Crippen LogP contribution in [0, 0.1) is 5.92 Å². The number of carbonyl (C=O) groups is 2. The van der Waals surface area contributed by atoms with E-state index in [1.165, 1.54) is 9.58 Å². The standard InChI is InChI=1S/C18H23N3O4/c1-4-20(10-9-15(22)23)18(25)16-13-7-5-6-8-14(13)17(24)21(19-16)11-12(2)3/h5-8,12H,4,9-11H2,1-3H3,(H,22,23). The molecule has 0 spiro atoms. The van der Waals surface area contributed by atoms with Gasteiger partial charge in [0.1, 0.15) is 0 Å². The van der Waals surface area contributed by atoms with Crippen LogP contribution in [0.4, 0.5) is 0 Å². The molecule has 0 bridgehead atoms. The second kappa shape index (κ2) is 7.92. The average Bonchev–Trinajstić information content (AvgIpc) is 2.57. The summed E-state index contributed by atoms with van der Waals surface area (Å²) in [7, 11) is 0. The first-order valence-electron chi connectivity index (χ1n) is 8.36. The van der Waals surface area contributed by atoms with E-state index in [0.717, 1.165) is 0 Å². The number of nitrogens with zero attached hydrogens (tertiary/aromatic N) is 3. The number of hydrogen-bond acceptors (Lipinski definition) is 4. The lowest BCUT2D eigenvalue weighted by Crippen LogP contribution is -2.36. The maximum atomic E-state index is 12.9. The van der Waals surface area contributed by atoms with Gasteiger partial charge in [0.05, 0.1) is 11.8 Å². The summed E-state index contributed by atoms with van der Waals surface area (Å²) >= 11 is 0. The van der Waals surface area contributed by atoms with Crippen molar-refractivity contribution in [1.29, 1.82) is 0 Å². The molecule has 2 rings (SSSR count). The van der Waals surface area contributed by atoms with E-state index in [9.17, 15) is 14.4 Å². The van der Waals surface area contributed by atoms with E-state index in [0.29, 0.717) is 23.9 Å². The summed E-state index contributed by atoms with van der Waals surface area (Å²) in [6.45, 7) is 6.60. The van der Waals surface area contributed by atoms with Gasteiger partial charge < -0.3 is 10.0 Å². The first-order chi connectivity index (χ1) is 11.8. The van der Waals surface area contributed by atoms with Gasteiger partial charge in [-0.15, -0.1) is 0 Å². The van der Waals surface area contributed by atoms with Crippen LogP contribution >= 0.6 is 0 Å². The molecule has 0 unspecified atom stereocenters. The van der Waals surface area contributed by atoms with Crippen LogP contribution in [0.15, 0.2) is 29.1 Å². The van der Waals surface area contributed by atoms with E-state index >= 15 is 0 Å². The summed E-state index contributed by atoms with van der Waals surface area (Å²) < 4.78 is 1.32. The lowest BCUT2D eigenvalue weighted by atomic mass is 10.1. The van der Waals surface area contributed by atoms with Crippen molar-refractivity contribution in [3.8, 4) is 0 Å². The van der Waals surface area contributed by atoms with Crippen LogP contribution in [0.3, 0.4) is 0 Å². The van der Waals surface area contributed by atoms with Crippen molar-refractivity contribution < 1.29 is 14.7 Å². The summed E-state index contributed by atoms with van der Waals surface area (Å²) in [6, 6.07) is 6.88. The molecule has 0 aliphatic rings. The topological polar surface area (TPSA) is 92.5 Å². The predicted octanol–water partition coefficient (Wildman–Crippen LogP) is 1.99. The third-order valence-electron chi connectivity index (χ3n) is 3.87. The van der Waals surface area contributed by atoms with Gasteiger partial charge in [0.25, 0.3) is 11.5 Å². The Kier molecular flexibility index (Phi) is 5.90. The van der Waals surface area contributed by atoms with Crippen LogP contribution in [-0.2, 0) is 11.3 Å². The molecule has 0 fully saturated rings. The van der Waals surface area contributed by atoms with Crippen molar-refractivity contribution in [2.24, 2.45) is 5.92 Å². The smallest absolute Gasteiger partial charge is 0.305 e. The van der Waals surface area contributed by atoms with Crippen molar-refractivity contribution >= 4 is 22.6 Å². The molecule has 0 saturated heterocycles. The van der Waals surface area contributed by atoms with Crippen molar-refractivity contribution in [3.05, 3.63) is 40.3 Å². The number of carboxylic acids is 1. The zero-order valence-corrected chi connectivity index (χ0v) is 14.7. The molecule has 1 heterocycles. The van der Waals surface area contributed by atoms with Gasteiger partial charge in [-0.25, -0.2) is 4.68 Å². The van der Waals surface area contributed by atoms with Crippen LogP contribution in [0.5, 0.6) is 0 Å². The Bertz CT molecular complexity index is 842. The quantitative estimate of drug-likeness (QED) is 0.828. The monoisotopic (exact) mass is 345 g/mol. The SMILES string of the molecule is CCN(CCC(=O)O)C(=O)c1nn(CC(C)C)c(=O)c2ccccc12. The molecule has 1 N–H and O–H groups in total. The Labute approximate surface area is 145 Å². The minimum Gasteiger partial charge on any atom is -0.481 e. The molecule has 0 atom stereocenters. The predicted molar refractivity (Wildman–Crippen MR) is 94.7 cm³/mol. The second-order valence-corrected chi connectivity index (χ2v) is 6.30. The van der Waals surface area contributed by atoms with Gasteiger partial charge in [0, 0.05) is 25.0 Å². The highest BCUT2D eigenvalue weighted by Crippen LogP contribution is 2.16. The fraction of sp³-hybridized carbons (Fsp3) is 0.444. The molecule has 0 saturated carbocycles. The molecule has 25 heavy (non-hydrogen) atoms. The highest BCUT2D eigenvalue weighted by molar-refractivity contribution is 6.04. The van der Waals surface area contributed by atoms with Crippen LogP contribution in [0.1, 0.15) is 37.7 Å². The van der Waals surface area contributed by atoms with Crippen molar-refractivity contribution in [2.45, 2.75) is 33.7 Å². The number of benzene rings is 1.